The van der Waals surface area contributed by atoms with Gasteiger partial charge in [-0.1, -0.05) is 24.3 Å². The van der Waals surface area contributed by atoms with Crippen LogP contribution >= 0.6 is 0 Å². The Hall–Kier alpha value is -3.73. The first kappa shape index (κ1) is 27.8. The Bertz CT molecular complexity index is 1290. The average molecular weight is 552 g/mol. The van der Waals surface area contributed by atoms with Crippen LogP contribution in [0, 0.1) is 0 Å². The number of carbonyl (C=O) groups excluding carboxylic acids is 2. The predicted molar refractivity (Wildman–Crippen MR) is 152 cm³/mol. The third-order valence-electron chi connectivity index (χ3n) is 7.29. The number of alkyl halides is 1. The van der Waals surface area contributed by atoms with Gasteiger partial charge in [-0.05, 0) is 51.7 Å². The van der Waals surface area contributed by atoms with Gasteiger partial charge in [-0.15, -0.1) is 0 Å². The summed E-state index contributed by atoms with van der Waals surface area (Å²) in [5.41, 5.74) is 9.13. The summed E-state index contributed by atoms with van der Waals surface area (Å²) in [4.78, 5) is 38.4. The number of piperidine rings is 1. The zero-order valence-electron chi connectivity index (χ0n) is 23.4. The molecule has 2 amide bonds. The lowest BCUT2D eigenvalue weighted by Crippen LogP contribution is -2.51. The first-order chi connectivity index (χ1) is 19.1. The number of nitrogens with zero attached hydrogens (tertiary/aromatic N) is 4. The van der Waals surface area contributed by atoms with Gasteiger partial charge in [-0.25, -0.2) is 19.2 Å². The Morgan fingerprint density at radius 2 is 1.95 bits per heavy atom. The number of halogens is 1. The smallest absolute Gasteiger partial charge is 0.410 e. The van der Waals surface area contributed by atoms with E-state index in [0.717, 1.165) is 30.5 Å². The quantitative estimate of drug-likeness (QED) is 0.519. The molecule has 2 atom stereocenters. The number of pyridine rings is 1. The number of hydrogen-bond donors (Lipinski definition) is 3. The number of carbonyl (C=O) groups is 2. The number of likely N-dealkylation sites (tertiary alicyclic amines) is 2. The molecule has 11 heteroatoms. The van der Waals surface area contributed by atoms with E-state index in [2.05, 4.69) is 20.5 Å². The number of hydrogen-bond acceptors (Lipinski definition) is 8. The zero-order valence-corrected chi connectivity index (χ0v) is 23.4. The van der Waals surface area contributed by atoms with Crippen molar-refractivity contribution in [2.24, 2.45) is 10.7 Å². The molecular formula is C29H38FN7O3. The standard InChI is InChI=1S/C29H38FN7O3/c1-29(2,3)40-28(39)37-11-4-5-21(16-37)34-27-25-24(32-17-33-27)22(26(31)38)13-23(35-25)19-8-6-18(7-9-19)14-36-12-10-20(30)15-36/h6-9,13,20-21,32H,4-5,10-12,14-17H2,1-3H3,(H2,31,38)(H,33,34)/t20-,21-/m0/s1. The van der Waals surface area contributed by atoms with Crippen molar-refractivity contribution >= 4 is 23.5 Å². The Balaban J connectivity index is 1.36. The molecule has 3 aliphatic heterocycles. The fraction of sp³-hybridized carbons (Fsp3) is 0.517. The van der Waals surface area contributed by atoms with Gasteiger partial charge in [0.25, 0.3) is 5.91 Å². The van der Waals surface area contributed by atoms with Crippen molar-refractivity contribution in [1.29, 1.82) is 0 Å². The van der Waals surface area contributed by atoms with E-state index in [1.165, 1.54) is 0 Å². The molecule has 10 nitrogen and oxygen atoms in total. The van der Waals surface area contributed by atoms with Crippen molar-refractivity contribution < 1.29 is 18.7 Å². The first-order valence-electron chi connectivity index (χ1n) is 13.9. The molecule has 2 saturated heterocycles. The maximum atomic E-state index is 13.6. The van der Waals surface area contributed by atoms with E-state index in [-0.39, 0.29) is 18.8 Å². The number of anilines is 1. The maximum absolute atomic E-state index is 13.6. The molecule has 4 heterocycles. The number of nitrogens with one attached hydrogen (secondary N) is 2. The largest absolute Gasteiger partial charge is 0.444 e. The van der Waals surface area contributed by atoms with Crippen molar-refractivity contribution in [2.45, 2.75) is 64.4 Å². The molecule has 214 valence electrons. The normalized spacial score (nSPS) is 21.3. The lowest BCUT2D eigenvalue weighted by atomic mass is 10.0. The number of aromatic nitrogens is 1. The summed E-state index contributed by atoms with van der Waals surface area (Å²) in [5.74, 6) is -0.00517. The second kappa shape index (κ2) is 11.4. The molecular weight excluding hydrogens is 513 g/mol. The Morgan fingerprint density at radius 1 is 1.18 bits per heavy atom. The molecule has 0 aliphatic carbocycles. The summed E-state index contributed by atoms with van der Waals surface area (Å²) >= 11 is 0. The molecule has 1 aromatic carbocycles. The van der Waals surface area contributed by atoms with Crippen LogP contribution in [-0.2, 0) is 11.3 Å². The number of nitrogens with two attached hydrogens (primary N) is 1. The lowest BCUT2D eigenvalue weighted by molar-refractivity contribution is 0.0194. The van der Waals surface area contributed by atoms with E-state index in [9.17, 15) is 14.0 Å². The average Bonchev–Trinajstić information content (AvgIpc) is 3.32. The van der Waals surface area contributed by atoms with Crippen molar-refractivity contribution in [3.63, 3.8) is 0 Å². The van der Waals surface area contributed by atoms with E-state index in [1.54, 1.807) is 11.0 Å². The van der Waals surface area contributed by atoms with E-state index in [4.69, 9.17) is 15.5 Å². The summed E-state index contributed by atoms with van der Waals surface area (Å²) in [6, 6.07) is 9.57. The molecule has 40 heavy (non-hydrogen) atoms. The minimum Gasteiger partial charge on any atom is -0.444 e. The van der Waals surface area contributed by atoms with Crippen LogP contribution in [-0.4, -0.2) is 83.3 Å². The molecule has 2 fully saturated rings. The van der Waals surface area contributed by atoms with Crippen LogP contribution in [0.25, 0.3) is 11.3 Å². The van der Waals surface area contributed by atoms with Gasteiger partial charge in [-0.2, -0.15) is 0 Å². The molecule has 2 aromatic rings. The van der Waals surface area contributed by atoms with Crippen LogP contribution in [0.15, 0.2) is 35.3 Å². The molecule has 0 unspecified atom stereocenters. The molecule has 5 rings (SSSR count). The predicted octanol–water partition coefficient (Wildman–Crippen LogP) is 3.51. The molecule has 4 N–H and O–H groups in total. The second-order valence-electron chi connectivity index (χ2n) is 11.7. The highest BCUT2D eigenvalue weighted by molar-refractivity contribution is 6.10. The van der Waals surface area contributed by atoms with E-state index in [0.29, 0.717) is 61.1 Å². The molecule has 0 bridgehead atoms. The SMILES string of the molecule is CC(C)(C)OC(=O)N1CCC[C@H](NC2=NCNc3c(C(N)=O)cc(-c4ccc(CN5CC[C@H](F)C5)cc4)nc32)C1. The van der Waals surface area contributed by atoms with Crippen LogP contribution in [0.2, 0.25) is 0 Å². The lowest BCUT2D eigenvalue weighted by Gasteiger charge is -2.35. The number of amides is 2. The number of rotatable bonds is 5. The third kappa shape index (κ3) is 6.52. The van der Waals surface area contributed by atoms with Crippen LogP contribution in [0.1, 0.15) is 61.6 Å². The van der Waals surface area contributed by atoms with Crippen LogP contribution < -0.4 is 16.4 Å². The zero-order chi connectivity index (χ0) is 28.4. The van der Waals surface area contributed by atoms with Gasteiger partial charge in [-0.3, -0.25) is 9.69 Å². The minimum atomic E-state index is -0.752. The highest BCUT2D eigenvalue weighted by Crippen LogP contribution is 2.29. The van der Waals surface area contributed by atoms with Gasteiger partial charge < -0.3 is 26.0 Å². The highest BCUT2D eigenvalue weighted by Gasteiger charge is 2.30. The second-order valence-corrected chi connectivity index (χ2v) is 11.7. The highest BCUT2D eigenvalue weighted by atomic mass is 19.1. The minimum absolute atomic E-state index is 0.0535. The number of aliphatic imine (C=N–C) groups is 1. The summed E-state index contributed by atoms with van der Waals surface area (Å²) in [5, 5.41) is 6.62. The maximum Gasteiger partial charge on any atom is 0.410 e. The van der Waals surface area contributed by atoms with Gasteiger partial charge in [0.2, 0.25) is 0 Å². The number of fused-ring (bicyclic) bond motifs is 1. The van der Waals surface area contributed by atoms with E-state index in [1.807, 2.05) is 45.0 Å². The fourth-order valence-corrected chi connectivity index (χ4v) is 5.37. The van der Waals surface area contributed by atoms with Gasteiger partial charge in [0.1, 0.15) is 24.1 Å². The number of ether oxygens (including phenoxy) is 1. The Labute approximate surface area is 234 Å². The van der Waals surface area contributed by atoms with Crippen LogP contribution in [0.4, 0.5) is 14.9 Å². The molecule has 0 saturated carbocycles. The van der Waals surface area contributed by atoms with Gasteiger partial charge in [0, 0.05) is 44.3 Å². The number of amidine groups is 1. The van der Waals surface area contributed by atoms with Crippen LogP contribution in [0.3, 0.4) is 0 Å². The fourth-order valence-electron chi connectivity index (χ4n) is 5.37. The first-order valence-corrected chi connectivity index (χ1v) is 13.9. The number of primary amides is 1. The van der Waals surface area contributed by atoms with Crippen molar-refractivity contribution in [3.05, 3.63) is 47.2 Å². The third-order valence-corrected chi connectivity index (χ3v) is 7.29. The van der Waals surface area contributed by atoms with Gasteiger partial charge in [0.05, 0.1) is 16.9 Å². The topological polar surface area (TPSA) is 125 Å². The van der Waals surface area contributed by atoms with Crippen molar-refractivity contribution in [3.8, 4) is 11.3 Å². The molecule has 0 radical (unpaired) electrons. The van der Waals surface area contributed by atoms with Crippen molar-refractivity contribution in [1.82, 2.24) is 20.1 Å². The van der Waals surface area contributed by atoms with Gasteiger partial charge in [0.15, 0.2) is 5.84 Å². The van der Waals surface area contributed by atoms with Gasteiger partial charge >= 0.3 is 6.09 Å². The van der Waals surface area contributed by atoms with Crippen LogP contribution in [0.5, 0.6) is 0 Å². The summed E-state index contributed by atoms with van der Waals surface area (Å²) in [7, 11) is 0. The summed E-state index contributed by atoms with van der Waals surface area (Å²) in [6.07, 6.45) is 1.17. The Kier molecular flexibility index (Phi) is 7.93. The molecule has 1 aromatic heterocycles. The number of benzene rings is 1. The van der Waals surface area contributed by atoms with Crippen molar-refractivity contribution in [2.75, 3.05) is 38.2 Å². The molecule has 3 aliphatic rings. The van der Waals surface area contributed by atoms with E-state index >= 15 is 0 Å². The summed E-state index contributed by atoms with van der Waals surface area (Å²) in [6.45, 7) is 8.85. The summed E-state index contributed by atoms with van der Waals surface area (Å²) < 4.78 is 19.1. The molecule has 0 spiro atoms. The monoisotopic (exact) mass is 551 g/mol. The van der Waals surface area contributed by atoms with E-state index < -0.39 is 17.7 Å². The Morgan fingerprint density at radius 3 is 2.62 bits per heavy atom.